The van der Waals surface area contributed by atoms with E-state index in [9.17, 15) is 0 Å². The van der Waals surface area contributed by atoms with Crippen LogP contribution in [-0.4, -0.2) is 6.71 Å². The van der Waals surface area contributed by atoms with Gasteiger partial charge in [-0.2, -0.15) is 0 Å². The highest BCUT2D eigenvalue weighted by molar-refractivity contribution is 7.30. The lowest BCUT2D eigenvalue weighted by molar-refractivity contribution is 0.810. The van der Waals surface area contributed by atoms with Crippen molar-refractivity contribution in [2.45, 2.75) is 19.3 Å². The minimum Gasteiger partial charge on any atom is -0.311 e. The number of fused-ring (bicyclic) bond motifs is 15. The third-order valence-corrected chi connectivity index (χ3v) is 13.5. The lowest BCUT2D eigenvalue weighted by Gasteiger charge is -2.43. The van der Waals surface area contributed by atoms with Crippen molar-refractivity contribution in [3.63, 3.8) is 0 Å². The first-order valence-corrected chi connectivity index (χ1v) is 19.4. The molecule has 0 bridgehead atoms. The molecule has 1 spiro atoms. The molecule has 2 aliphatic heterocycles. The predicted molar refractivity (Wildman–Crippen MR) is 224 cm³/mol. The Balaban J connectivity index is 1.24. The topological polar surface area (TPSA) is 6.48 Å². The zero-order chi connectivity index (χ0) is 35.0. The van der Waals surface area contributed by atoms with Gasteiger partial charge in [-0.25, -0.2) is 0 Å². The average molecular weight is 693 g/mol. The molecule has 0 saturated heterocycles. The van der Waals surface area contributed by atoms with E-state index in [1.165, 1.54) is 105 Å². The van der Waals surface area contributed by atoms with Gasteiger partial charge in [-0.05, 0) is 101 Å². The van der Waals surface area contributed by atoms with E-state index in [4.69, 9.17) is 0 Å². The van der Waals surface area contributed by atoms with E-state index in [-0.39, 0.29) is 6.71 Å². The van der Waals surface area contributed by atoms with Crippen LogP contribution in [0.3, 0.4) is 0 Å². The Kier molecular flexibility index (Phi) is 5.84. The maximum Gasteiger partial charge on any atom is 0.264 e. The highest BCUT2D eigenvalue weighted by Crippen LogP contribution is 2.67. The summed E-state index contributed by atoms with van der Waals surface area (Å²) in [5, 5.41) is 0. The van der Waals surface area contributed by atoms with Gasteiger partial charge in [-0.3, -0.25) is 0 Å². The first kappa shape index (κ1) is 29.5. The van der Waals surface area contributed by atoms with Crippen molar-refractivity contribution in [3.8, 4) is 22.3 Å². The van der Waals surface area contributed by atoms with E-state index in [1.807, 2.05) is 0 Å². The Hall–Kier alpha value is -6.10. The van der Waals surface area contributed by atoms with Gasteiger partial charge in [0.15, 0.2) is 0 Å². The average Bonchev–Trinajstić information content (AvgIpc) is 3.82. The van der Waals surface area contributed by atoms with E-state index in [1.54, 1.807) is 0 Å². The van der Waals surface area contributed by atoms with E-state index in [0.717, 1.165) is 0 Å². The quantitative estimate of drug-likeness (QED) is 0.166. The van der Waals surface area contributed by atoms with Crippen molar-refractivity contribution in [3.05, 3.63) is 196 Å². The molecule has 4 heteroatoms. The number of nitrogens with zero attached hydrogens (tertiary/aromatic N) is 2. The van der Waals surface area contributed by atoms with Crippen LogP contribution < -0.4 is 25.5 Å². The Morgan fingerprint density at radius 2 is 1.09 bits per heavy atom. The monoisotopic (exact) mass is 692 g/mol. The van der Waals surface area contributed by atoms with Crippen molar-refractivity contribution < 1.29 is 0 Å². The second-order valence-electron chi connectivity index (χ2n) is 15.0. The summed E-state index contributed by atoms with van der Waals surface area (Å²) < 4.78 is 1.42. The maximum absolute atomic E-state index is 2.60. The van der Waals surface area contributed by atoms with Crippen LogP contribution in [0.2, 0.25) is 0 Å². The Morgan fingerprint density at radius 1 is 0.491 bits per heavy atom. The summed E-state index contributed by atoms with van der Waals surface area (Å²) in [5.74, 6) is 0. The van der Waals surface area contributed by atoms with Gasteiger partial charge in [0.25, 0.3) is 6.71 Å². The van der Waals surface area contributed by atoms with Crippen LogP contribution in [0.15, 0.2) is 164 Å². The number of aryl methyl sites for hydroxylation is 2. The summed E-state index contributed by atoms with van der Waals surface area (Å²) in [4.78, 5) is 6.52. The molecule has 7 aromatic carbocycles. The normalized spacial score (nSPS) is 14.6. The van der Waals surface area contributed by atoms with Gasteiger partial charge in [-0.15, -0.1) is 11.3 Å². The fraction of sp³-hybridized carbons (Fsp3) is 0.0612. The molecule has 8 aromatic rings. The number of thiophene rings is 1. The number of anilines is 6. The predicted octanol–water partition coefficient (Wildman–Crippen LogP) is 10.8. The van der Waals surface area contributed by atoms with E-state index in [0.29, 0.717) is 0 Å². The molecule has 2 nitrogen and oxygen atoms in total. The van der Waals surface area contributed by atoms with Crippen molar-refractivity contribution >= 4 is 67.9 Å². The summed E-state index contributed by atoms with van der Waals surface area (Å²) >= 11 is 2.05. The Labute approximate surface area is 314 Å². The molecule has 0 saturated carbocycles. The maximum atomic E-state index is 2.60. The largest absolute Gasteiger partial charge is 0.311 e. The lowest BCUT2D eigenvalue weighted by Crippen LogP contribution is -2.60. The molecule has 0 atom stereocenters. The van der Waals surface area contributed by atoms with Crippen molar-refractivity contribution in [1.82, 2.24) is 0 Å². The zero-order valence-electron chi connectivity index (χ0n) is 29.5. The lowest BCUT2D eigenvalue weighted by atomic mass is 9.36. The molecule has 0 N–H and O–H groups in total. The fourth-order valence-corrected chi connectivity index (χ4v) is 11.8. The minimum atomic E-state index is -0.399. The van der Waals surface area contributed by atoms with E-state index >= 15 is 0 Å². The van der Waals surface area contributed by atoms with Gasteiger partial charge in [0.2, 0.25) is 0 Å². The number of para-hydroxylation sites is 2. The highest BCUT2D eigenvalue weighted by Gasteiger charge is 2.56. The standard InChI is InChI=1S/C49H33BN2S/c1-30-23-26-33(27-24-30)52-43-22-12-21-42-45(43)50(40-19-10-11-20-41(40)51(42)32-13-4-3-5-14-32)48-46(52)44-36-28-25-31(2)29-39(36)49(47(44)53-48)37-17-8-6-15-34(37)35-16-7-9-18-38(35)49/h3-29H,1-2H3. The molecule has 0 fully saturated rings. The van der Waals surface area contributed by atoms with Crippen molar-refractivity contribution in [2.75, 3.05) is 9.80 Å². The SMILES string of the molecule is Cc1ccc(N2c3cccc4c3B(c3ccccc3N4c3ccccc3)c3sc4c(c32)-c2ccc(C)cc2C42c3ccccc3-c3ccccc32)cc1. The van der Waals surface area contributed by atoms with Crippen LogP contribution >= 0.6 is 11.3 Å². The second-order valence-corrected chi connectivity index (χ2v) is 16.0. The van der Waals surface area contributed by atoms with Gasteiger partial charge >= 0.3 is 0 Å². The number of hydrogen-bond acceptors (Lipinski definition) is 3. The van der Waals surface area contributed by atoms with E-state index in [2.05, 4.69) is 199 Å². The summed E-state index contributed by atoms with van der Waals surface area (Å²) in [6, 6.07) is 61.6. The molecule has 248 valence electrons. The van der Waals surface area contributed by atoms with Crippen LogP contribution in [0.1, 0.15) is 32.7 Å². The van der Waals surface area contributed by atoms with Crippen LogP contribution in [0.4, 0.5) is 34.1 Å². The van der Waals surface area contributed by atoms with Gasteiger partial charge < -0.3 is 9.80 Å². The Morgan fingerprint density at radius 3 is 1.85 bits per heavy atom. The molecule has 1 aromatic heterocycles. The van der Waals surface area contributed by atoms with Gasteiger partial charge in [0, 0.05) is 43.7 Å². The first-order valence-electron chi connectivity index (χ1n) is 18.6. The number of benzene rings is 7. The molecule has 2 aliphatic carbocycles. The highest BCUT2D eigenvalue weighted by atomic mass is 32.1. The molecular weight excluding hydrogens is 659 g/mol. The molecule has 0 radical (unpaired) electrons. The van der Waals surface area contributed by atoms with Crippen LogP contribution in [-0.2, 0) is 5.41 Å². The van der Waals surface area contributed by atoms with Crippen molar-refractivity contribution in [1.29, 1.82) is 0 Å². The van der Waals surface area contributed by atoms with Crippen molar-refractivity contribution in [2.24, 2.45) is 0 Å². The third-order valence-electron chi connectivity index (χ3n) is 12.2. The summed E-state index contributed by atoms with van der Waals surface area (Å²) in [5.41, 5.74) is 21.9. The molecule has 4 aliphatic rings. The fourth-order valence-electron chi connectivity index (χ4n) is 10.1. The molecule has 0 amide bonds. The molecule has 53 heavy (non-hydrogen) atoms. The third kappa shape index (κ3) is 3.64. The second kappa shape index (κ2) is 10.5. The summed E-state index contributed by atoms with van der Waals surface area (Å²) in [6.07, 6.45) is 0. The summed E-state index contributed by atoms with van der Waals surface area (Å²) in [6.45, 7) is 4.51. The molecule has 3 heterocycles. The summed E-state index contributed by atoms with van der Waals surface area (Å²) in [7, 11) is 0. The molecule has 12 rings (SSSR count). The zero-order valence-corrected chi connectivity index (χ0v) is 30.3. The van der Waals surface area contributed by atoms with E-state index < -0.39 is 5.41 Å². The molecule has 0 unspecified atom stereocenters. The van der Waals surface area contributed by atoms with Gasteiger partial charge in [-0.1, -0.05) is 132 Å². The van der Waals surface area contributed by atoms with Crippen LogP contribution in [0.25, 0.3) is 22.3 Å². The minimum absolute atomic E-state index is 0.0856. The molecular formula is C49H33BN2S. The first-order chi connectivity index (χ1) is 26.1. The number of hydrogen-bond donors (Lipinski definition) is 0. The number of rotatable bonds is 2. The van der Waals surface area contributed by atoms with Gasteiger partial charge in [0.1, 0.15) is 0 Å². The Bertz CT molecular complexity index is 2790. The smallest absolute Gasteiger partial charge is 0.264 e. The van der Waals surface area contributed by atoms with Crippen LogP contribution in [0.5, 0.6) is 0 Å². The van der Waals surface area contributed by atoms with Gasteiger partial charge in [0.05, 0.1) is 11.1 Å². The van der Waals surface area contributed by atoms with Crippen LogP contribution in [0, 0.1) is 13.8 Å².